The van der Waals surface area contributed by atoms with Crippen LogP contribution in [-0.4, -0.2) is 35.6 Å². The normalized spacial score (nSPS) is 12.4. The number of hydrogen-bond acceptors (Lipinski definition) is 3. The predicted octanol–water partition coefficient (Wildman–Crippen LogP) is 2.46. The Kier molecular flexibility index (Phi) is 6.09. The van der Waals surface area contributed by atoms with Crippen LogP contribution in [0.1, 0.15) is 26.3 Å². The zero-order chi connectivity index (χ0) is 13.5. The van der Waals surface area contributed by atoms with Crippen LogP contribution in [0.25, 0.3) is 0 Å². The molecule has 1 atom stereocenters. The van der Waals surface area contributed by atoms with Crippen molar-refractivity contribution in [1.29, 1.82) is 0 Å². The number of nitrogens with two attached hydrogens (primary N) is 1. The SMILES string of the molecule is CCN(CC)CC(C)Nc1ccccc1C(N)=S. The lowest BCUT2D eigenvalue weighted by molar-refractivity contribution is 0.295. The quantitative estimate of drug-likeness (QED) is 0.743. The number of anilines is 1. The summed E-state index contributed by atoms with van der Waals surface area (Å²) in [6.07, 6.45) is 0. The van der Waals surface area contributed by atoms with Crippen molar-refractivity contribution in [2.24, 2.45) is 5.73 Å². The van der Waals surface area contributed by atoms with E-state index < -0.39 is 0 Å². The Morgan fingerprint density at radius 1 is 1.33 bits per heavy atom. The molecule has 0 spiro atoms. The van der Waals surface area contributed by atoms with Crippen molar-refractivity contribution in [3.8, 4) is 0 Å². The third-order valence-electron chi connectivity index (χ3n) is 3.02. The first-order chi connectivity index (χ1) is 8.58. The minimum atomic E-state index is 0.361. The lowest BCUT2D eigenvalue weighted by Gasteiger charge is -2.25. The monoisotopic (exact) mass is 265 g/mol. The van der Waals surface area contributed by atoms with Crippen LogP contribution in [-0.2, 0) is 0 Å². The van der Waals surface area contributed by atoms with E-state index in [2.05, 4.69) is 31.0 Å². The molecule has 3 N–H and O–H groups in total. The molecular weight excluding hydrogens is 242 g/mol. The number of thiocarbonyl (C=S) groups is 1. The molecule has 0 aliphatic heterocycles. The third kappa shape index (κ3) is 4.27. The fourth-order valence-electron chi connectivity index (χ4n) is 2.00. The minimum absolute atomic E-state index is 0.361. The molecule has 1 aromatic rings. The first kappa shape index (κ1) is 14.9. The highest BCUT2D eigenvalue weighted by atomic mass is 32.1. The van der Waals surface area contributed by atoms with Gasteiger partial charge in [-0.3, -0.25) is 0 Å². The molecule has 0 bridgehead atoms. The molecule has 1 rings (SSSR count). The van der Waals surface area contributed by atoms with Crippen molar-refractivity contribution >= 4 is 22.9 Å². The zero-order valence-corrected chi connectivity index (χ0v) is 12.3. The molecule has 0 fully saturated rings. The van der Waals surface area contributed by atoms with Gasteiger partial charge in [-0.2, -0.15) is 0 Å². The Labute approximate surface area is 115 Å². The largest absolute Gasteiger partial charge is 0.389 e. The molecule has 1 unspecified atom stereocenters. The maximum Gasteiger partial charge on any atom is 0.106 e. The predicted molar refractivity (Wildman–Crippen MR) is 83.2 cm³/mol. The molecule has 0 aliphatic rings. The lowest BCUT2D eigenvalue weighted by atomic mass is 10.1. The lowest BCUT2D eigenvalue weighted by Crippen LogP contribution is -2.35. The van der Waals surface area contributed by atoms with E-state index in [4.69, 9.17) is 18.0 Å². The minimum Gasteiger partial charge on any atom is -0.389 e. The van der Waals surface area contributed by atoms with Gasteiger partial charge in [0.05, 0.1) is 0 Å². The molecule has 3 nitrogen and oxygen atoms in total. The van der Waals surface area contributed by atoms with Crippen LogP contribution in [0.15, 0.2) is 24.3 Å². The van der Waals surface area contributed by atoms with Crippen LogP contribution in [0, 0.1) is 0 Å². The van der Waals surface area contributed by atoms with Gasteiger partial charge in [0, 0.05) is 23.8 Å². The van der Waals surface area contributed by atoms with E-state index in [1.807, 2.05) is 24.3 Å². The third-order valence-corrected chi connectivity index (χ3v) is 3.24. The highest BCUT2D eigenvalue weighted by Gasteiger charge is 2.10. The van der Waals surface area contributed by atoms with Crippen LogP contribution in [0.2, 0.25) is 0 Å². The topological polar surface area (TPSA) is 41.3 Å². The molecule has 0 saturated carbocycles. The zero-order valence-electron chi connectivity index (χ0n) is 11.4. The second kappa shape index (κ2) is 7.34. The average molecular weight is 265 g/mol. The van der Waals surface area contributed by atoms with Gasteiger partial charge in [-0.05, 0) is 32.1 Å². The summed E-state index contributed by atoms with van der Waals surface area (Å²) in [6.45, 7) is 9.69. The Hall–Kier alpha value is -1.13. The Morgan fingerprint density at radius 2 is 1.94 bits per heavy atom. The fraction of sp³-hybridized carbons (Fsp3) is 0.500. The number of nitrogens with one attached hydrogen (secondary N) is 1. The number of hydrogen-bond donors (Lipinski definition) is 2. The highest BCUT2D eigenvalue weighted by molar-refractivity contribution is 7.80. The van der Waals surface area contributed by atoms with Gasteiger partial charge in [-0.15, -0.1) is 0 Å². The molecular formula is C14H23N3S. The summed E-state index contributed by atoms with van der Waals surface area (Å²) in [4.78, 5) is 2.83. The standard InChI is InChI=1S/C14H23N3S/c1-4-17(5-2)10-11(3)16-13-9-7-6-8-12(13)14(15)18/h6-9,11,16H,4-5,10H2,1-3H3,(H2,15,18). The summed E-state index contributed by atoms with van der Waals surface area (Å²) in [7, 11) is 0. The number of nitrogens with zero attached hydrogens (tertiary/aromatic N) is 1. The summed E-state index contributed by atoms with van der Waals surface area (Å²) >= 11 is 5.06. The van der Waals surface area contributed by atoms with Gasteiger partial charge in [0.1, 0.15) is 4.99 Å². The van der Waals surface area contributed by atoms with Gasteiger partial charge in [0.25, 0.3) is 0 Å². The van der Waals surface area contributed by atoms with E-state index >= 15 is 0 Å². The average Bonchev–Trinajstić information content (AvgIpc) is 2.36. The van der Waals surface area contributed by atoms with Crippen LogP contribution in [0.5, 0.6) is 0 Å². The second-order valence-corrected chi connectivity index (χ2v) is 4.88. The Bertz CT molecular complexity index is 388. The summed E-state index contributed by atoms with van der Waals surface area (Å²) in [5.41, 5.74) is 7.66. The van der Waals surface area contributed by atoms with Crippen molar-refractivity contribution in [1.82, 2.24) is 4.90 Å². The van der Waals surface area contributed by atoms with Crippen LogP contribution >= 0.6 is 12.2 Å². The summed E-state index contributed by atoms with van der Waals surface area (Å²) < 4.78 is 0. The van der Waals surface area contributed by atoms with Gasteiger partial charge < -0.3 is 16.0 Å². The van der Waals surface area contributed by atoms with E-state index in [1.165, 1.54) is 0 Å². The fourth-order valence-corrected chi connectivity index (χ4v) is 2.18. The number of likely N-dealkylation sites (N-methyl/N-ethyl adjacent to an activating group) is 1. The van der Waals surface area contributed by atoms with Gasteiger partial charge in [-0.1, -0.05) is 38.2 Å². The van der Waals surface area contributed by atoms with Crippen LogP contribution in [0.3, 0.4) is 0 Å². The van der Waals surface area contributed by atoms with Crippen molar-refractivity contribution < 1.29 is 0 Å². The van der Waals surface area contributed by atoms with E-state index in [0.717, 1.165) is 30.9 Å². The second-order valence-electron chi connectivity index (χ2n) is 4.44. The first-order valence-electron chi connectivity index (χ1n) is 6.46. The molecule has 100 valence electrons. The van der Waals surface area contributed by atoms with Crippen molar-refractivity contribution in [3.05, 3.63) is 29.8 Å². The number of para-hydroxylation sites is 1. The van der Waals surface area contributed by atoms with E-state index in [1.54, 1.807) is 0 Å². The number of benzene rings is 1. The number of rotatable bonds is 7. The molecule has 4 heteroatoms. The Balaban J connectivity index is 2.69. The first-order valence-corrected chi connectivity index (χ1v) is 6.87. The Morgan fingerprint density at radius 3 is 2.50 bits per heavy atom. The van der Waals surface area contributed by atoms with Crippen LogP contribution in [0.4, 0.5) is 5.69 Å². The molecule has 0 radical (unpaired) electrons. The van der Waals surface area contributed by atoms with Gasteiger partial charge in [0.15, 0.2) is 0 Å². The summed E-state index contributed by atoms with van der Waals surface area (Å²) in [5, 5.41) is 3.48. The van der Waals surface area contributed by atoms with Crippen molar-refractivity contribution in [2.75, 3.05) is 25.0 Å². The van der Waals surface area contributed by atoms with Crippen LogP contribution < -0.4 is 11.1 Å². The molecule has 1 aromatic carbocycles. The van der Waals surface area contributed by atoms with E-state index in [0.29, 0.717) is 11.0 Å². The van der Waals surface area contributed by atoms with Gasteiger partial charge in [-0.25, -0.2) is 0 Å². The maximum absolute atomic E-state index is 5.72. The molecule has 0 aliphatic carbocycles. The van der Waals surface area contributed by atoms with E-state index in [9.17, 15) is 0 Å². The molecule has 18 heavy (non-hydrogen) atoms. The molecule has 0 amide bonds. The molecule has 0 heterocycles. The summed E-state index contributed by atoms with van der Waals surface area (Å²) in [5.74, 6) is 0. The van der Waals surface area contributed by atoms with Crippen molar-refractivity contribution in [2.45, 2.75) is 26.8 Å². The highest BCUT2D eigenvalue weighted by Crippen LogP contribution is 2.16. The maximum atomic E-state index is 5.72. The van der Waals surface area contributed by atoms with E-state index in [-0.39, 0.29) is 0 Å². The van der Waals surface area contributed by atoms with Crippen molar-refractivity contribution in [3.63, 3.8) is 0 Å². The molecule has 0 aromatic heterocycles. The summed E-state index contributed by atoms with van der Waals surface area (Å²) in [6, 6.07) is 8.28. The molecule has 0 saturated heterocycles. The van der Waals surface area contributed by atoms with Gasteiger partial charge in [0.2, 0.25) is 0 Å². The smallest absolute Gasteiger partial charge is 0.106 e. The van der Waals surface area contributed by atoms with Gasteiger partial charge >= 0.3 is 0 Å².